The fourth-order valence-corrected chi connectivity index (χ4v) is 1.55. The zero-order valence-electron chi connectivity index (χ0n) is 7.43. The summed E-state index contributed by atoms with van der Waals surface area (Å²) in [5, 5.41) is 0. The SMILES string of the molecule is C#CC(=O)OCC1CN2C(=O)CC2O1. The summed E-state index contributed by atoms with van der Waals surface area (Å²) in [5.74, 6) is 1.22. The molecule has 14 heavy (non-hydrogen) atoms. The first-order valence-electron chi connectivity index (χ1n) is 4.29. The largest absolute Gasteiger partial charge is 0.453 e. The predicted molar refractivity (Wildman–Crippen MR) is 44.8 cm³/mol. The Bertz CT molecular complexity index is 319. The number of esters is 1. The molecule has 5 heteroatoms. The zero-order chi connectivity index (χ0) is 10.1. The van der Waals surface area contributed by atoms with E-state index >= 15 is 0 Å². The Balaban J connectivity index is 1.77. The maximum Gasteiger partial charge on any atom is 0.384 e. The molecule has 0 aromatic heterocycles. The van der Waals surface area contributed by atoms with Crippen LogP contribution in [0.3, 0.4) is 0 Å². The van der Waals surface area contributed by atoms with Gasteiger partial charge in [0.1, 0.15) is 18.9 Å². The average molecular weight is 195 g/mol. The molecule has 5 nitrogen and oxygen atoms in total. The molecular weight excluding hydrogens is 186 g/mol. The third-order valence-electron chi connectivity index (χ3n) is 2.29. The lowest BCUT2D eigenvalue weighted by Crippen LogP contribution is -2.48. The highest BCUT2D eigenvalue weighted by Gasteiger charge is 2.45. The molecule has 2 unspecified atom stereocenters. The normalized spacial score (nSPS) is 29.1. The van der Waals surface area contributed by atoms with Crippen LogP contribution in [0.1, 0.15) is 6.42 Å². The van der Waals surface area contributed by atoms with Gasteiger partial charge in [-0.05, 0) is 0 Å². The van der Waals surface area contributed by atoms with E-state index in [1.54, 1.807) is 4.90 Å². The number of carbonyl (C=O) groups is 2. The van der Waals surface area contributed by atoms with E-state index in [1.807, 2.05) is 5.92 Å². The highest BCUT2D eigenvalue weighted by Crippen LogP contribution is 2.28. The predicted octanol–water partition coefficient (Wildman–Crippen LogP) is -0.880. The highest BCUT2D eigenvalue weighted by molar-refractivity contribution is 5.87. The van der Waals surface area contributed by atoms with Gasteiger partial charge in [-0.2, -0.15) is 0 Å². The summed E-state index contributed by atoms with van der Waals surface area (Å²) >= 11 is 0. The molecule has 0 aromatic carbocycles. The first-order chi connectivity index (χ1) is 6.70. The number of β-lactam (4-membered cyclic amide) rings is 1. The van der Waals surface area contributed by atoms with Crippen LogP contribution in [0, 0.1) is 12.3 Å². The number of rotatable bonds is 2. The van der Waals surface area contributed by atoms with Gasteiger partial charge in [-0.15, -0.1) is 6.42 Å². The van der Waals surface area contributed by atoms with Crippen molar-refractivity contribution in [1.82, 2.24) is 4.90 Å². The molecule has 1 amide bonds. The summed E-state index contributed by atoms with van der Waals surface area (Å²) in [7, 11) is 0. The van der Waals surface area contributed by atoms with Crippen LogP contribution in [0.25, 0.3) is 0 Å². The first-order valence-corrected chi connectivity index (χ1v) is 4.29. The van der Waals surface area contributed by atoms with Crippen molar-refractivity contribution in [2.75, 3.05) is 13.2 Å². The Hall–Kier alpha value is -1.54. The number of amides is 1. The summed E-state index contributed by atoms with van der Waals surface area (Å²) in [6, 6.07) is 0. The van der Waals surface area contributed by atoms with Crippen LogP contribution in [-0.4, -0.2) is 42.3 Å². The van der Waals surface area contributed by atoms with Crippen LogP contribution in [-0.2, 0) is 19.1 Å². The molecule has 2 aliphatic heterocycles. The van der Waals surface area contributed by atoms with Crippen LogP contribution >= 0.6 is 0 Å². The Morgan fingerprint density at radius 1 is 1.79 bits per heavy atom. The van der Waals surface area contributed by atoms with E-state index < -0.39 is 5.97 Å². The maximum atomic E-state index is 11.0. The molecule has 2 rings (SSSR count). The summed E-state index contributed by atoms with van der Waals surface area (Å²) in [5.41, 5.74) is 0. The van der Waals surface area contributed by atoms with Gasteiger partial charge in [0.25, 0.3) is 0 Å². The van der Waals surface area contributed by atoms with Gasteiger partial charge in [0, 0.05) is 5.92 Å². The zero-order valence-corrected chi connectivity index (χ0v) is 7.43. The van der Waals surface area contributed by atoms with Crippen molar-refractivity contribution >= 4 is 11.9 Å². The van der Waals surface area contributed by atoms with E-state index in [0.29, 0.717) is 13.0 Å². The van der Waals surface area contributed by atoms with E-state index in [-0.39, 0.29) is 24.8 Å². The van der Waals surface area contributed by atoms with Gasteiger partial charge in [0.2, 0.25) is 5.91 Å². The number of hydrogen-bond acceptors (Lipinski definition) is 4. The maximum absolute atomic E-state index is 11.0. The summed E-state index contributed by atoms with van der Waals surface area (Å²) in [6.07, 6.45) is 4.90. The fourth-order valence-electron chi connectivity index (χ4n) is 1.55. The Morgan fingerprint density at radius 3 is 3.14 bits per heavy atom. The Morgan fingerprint density at radius 2 is 2.57 bits per heavy atom. The van der Waals surface area contributed by atoms with E-state index in [0.717, 1.165) is 0 Å². The molecule has 2 atom stereocenters. The van der Waals surface area contributed by atoms with Gasteiger partial charge in [-0.1, -0.05) is 0 Å². The molecule has 0 bridgehead atoms. The van der Waals surface area contributed by atoms with Gasteiger partial charge in [-0.3, -0.25) is 4.79 Å². The summed E-state index contributed by atoms with van der Waals surface area (Å²) in [6.45, 7) is 0.602. The summed E-state index contributed by atoms with van der Waals surface area (Å²) < 4.78 is 10.1. The molecule has 0 saturated carbocycles. The van der Waals surface area contributed by atoms with E-state index in [9.17, 15) is 9.59 Å². The van der Waals surface area contributed by atoms with Crippen molar-refractivity contribution in [3.63, 3.8) is 0 Å². The first kappa shape index (κ1) is 9.03. The fraction of sp³-hybridized carbons (Fsp3) is 0.556. The molecule has 74 valence electrons. The number of fused-ring (bicyclic) bond motifs is 1. The minimum atomic E-state index is -0.700. The van der Waals surface area contributed by atoms with E-state index in [2.05, 4.69) is 0 Å². The molecule has 0 N–H and O–H groups in total. The lowest BCUT2D eigenvalue weighted by atomic mass is 10.2. The average Bonchev–Trinajstić information content (AvgIpc) is 2.51. The van der Waals surface area contributed by atoms with Crippen molar-refractivity contribution in [2.45, 2.75) is 18.8 Å². The van der Waals surface area contributed by atoms with Crippen LogP contribution < -0.4 is 0 Å². The minimum Gasteiger partial charge on any atom is -0.453 e. The van der Waals surface area contributed by atoms with Crippen molar-refractivity contribution in [3.05, 3.63) is 0 Å². The molecule has 0 aromatic rings. The molecule has 2 heterocycles. The second-order valence-corrected chi connectivity index (χ2v) is 3.21. The Labute approximate surface area is 81.0 Å². The smallest absolute Gasteiger partial charge is 0.384 e. The quantitative estimate of drug-likeness (QED) is 0.248. The third kappa shape index (κ3) is 1.44. The minimum absolute atomic E-state index is 0.0841. The van der Waals surface area contributed by atoms with Gasteiger partial charge in [-0.25, -0.2) is 4.79 Å². The van der Waals surface area contributed by atoms with Gasteiger partial charge in [0.05, 0.1) is 13.0 Å². The van der Waals surface area contributed by atoms with Crippen molar-refractivity contribution in [2.24, 2.45) is 0 Å². The molecular formula is C9H9NO4. The number of terminal acetylenes is 1. The molecule has 0 aliphatic carbocycles. The second-order valence-electron chi connectivity index (χ2n) is 3.21. The van der Waals surface area contributed by atoms with Gasteiger partial charge in [0.15, 0.2) is 0 Å². The lowest BCUT2D eigenvalue weighted by molar-refractivity contribution is -0.158. The number of ether oxygens (including phenoxy) is 2. The second kappa shape index (κ2) is 3.31. The lowest BCUT2D eigenvalue weighted by Gasteiger charge is -2.31. The van der Waals surface area contributed by atoms with Crippen LogP contribution in [0.5, 0.6) is 0 Å². The van der Waals surface area contributed by atoms with Crippen molar-refractivity contribution in [3.8, 4) is 12.3 Å². The third-order valence-corrected chi connectivity index (χ3v) is 2.29. The molecule has 2 saturated heterocycles. The van der Waals surface area contributed by atoms with Crippen molar-refractivity contribution < 1.29 is 19.1 Å². The van der Waals surface area contributed by atoms with Crippen molar-refractivity contribution in [1.29, 1.82) is 0 Å². The van der Waals surface area contributed by atoms with E-state index in [4.69, 9.17) is 15.9 Å². The highest BCUT2D eigenvalue weighted by atomic mass is 16.6. The summed E-state index contributed by atoms with van der Waals surface area (Å²) in [4.78, 5) is 23.2. The number of carbonyl (C=O) groups excluding carboxylic acids is 2. The Kier molecular flexibility index (Phi) is 2.14. The molecule has 2 aliphatic rings. The number of nitrogens with zero attached hydrogens (tertiary/aromatic N) is 1. The monoisotopic (exact) mass is 195 g/mol. The topological polar surface area (TPSA) is 55.8 Å². The standard InChI is InChI=1S/C9H9NO4/c1-2-9(12)13-5-6-4-10-7(11)3-8(10)14-6/h1,6,8H,3-5H2. The van der Waals surface area contributed by atoms with Gasteiger partial charge >= 0.3 is 5.97 Å². The van der Waals surface area contributed by atoms with Gasteiger partial charge < -0.3 is 14.4 Å². The molecule has 2 fully saturated rings. The van der Waals surface area contributed by atoms with Crippen LogP contribution in [0.4, 0.5) is 0 Å². The van der Waals surface area contributed by atoms with E-state index in [1.165, 1.54) is 0 Å². The molecule has 0 radical (unpaired) electrons. The van der Waals surface area contributed by atoms with Crippen LogP contribution in [0.15, 0.2) is 0 Å². The van der Waals surface area contributed by atoms with Crippen LogP contribution in [0.2, 0.25) is 0 Å². The molecule has 0 spiro atoms. The number of hydrogen-bond donors (Lipinski definition) is 0.